The van der Waals surface area contributed by atoms with Crippen LogP contribution in [0.5, 0.6) is 11.5 Å². The topological polar surface area (TPSA) is 77.0 Å². The highest BCUT2D eigenvalue weighted by atomic mass is 16.5. The number of hydrogen-bond acceptors (Lipinski definition) is 5. The number of carbonyl (C=O) groups is 2. The first-order valence-corrected chi connectivity index (χ1v) is 8.51. The van der Waals surface area contributed by atoms with Gasteiger partial charge in [-0.2, -0.15) is 5.10 Å². The lowest BCUT2D eigenvalue weighted by atomic mass is 10.2. The predicted octanol–water partition coefficient (Wildman–Crippen LogP) is 3.68. The van der Waals surface area contributed by atoms with Gasteiger partial charge in [0.25, 0.3) is 5.91 Å². The van der Waals surface area contributed by atoms with E-state index in [0.717, 1.165) is 0 Å². The summed E-state index contributed by atoms with van der Waals surface area (Å²) >= 11 is 0. The maximum Gasteiger partial charge on any atom is 0.343 e. The lowest BCUT2D eigenvalue weighted by Crippen LogP contribution is -2.18. The summed E-state index contributed by atoms with van der Waals surface area (Å²) in [5.41, 5.74) is 3.96. The molecule has 0 saturated heterocycles. The average molecular weight is 374 g/mol. The van der Waals surface area contributed by atoms with Crippen molar-refractivity contribution in [2.45, 2.75) is 0 Å². The van der Waals surface area contributed by atoms with Gasteiger partial charge < -0.3 is 9.47 Å². The molecule has 0 unspecified atom stereocenters. The zero-order chi connectivity index (χ0) is 19.8. The molecule has 0 saturated carbocycles. The second-order valence-electron chi connectivity index (χ2n) is 5.73. The fraction of sp³-hybridized carbons (Fsp3) is 0.0455. The Morgan fingerprint density at radius 1 is 0.929 bits per heavy atom. The highest BCUT2D eigenvalue weighted by molar-refractivity contribution is 5.97. The van der Waals surface area contributed by atoms with E-state index in [1.807, 2.05) is 6.07 Å². The molecule has 0 spiro atoms. The first-order chi connectivity index (χ1) is 13.7. The number of ether oxygens (including phenoxy) is 2. The second-order valence-corrected chi connectivity index (χ2v) is 5.73. The number of benzene rings is 3. The van der Waals surface area contributed by atoms with Crippen LogP contribution >= 0.6 is 0 Å². The summed E-state index contributed by atoms with van der Waals surface area (Å²) in [5.74, 6) is 0.0124. The third-order valence-electron chi connectivity index (χ3n) is 3.81. The molecule has 0 aromatic heterocycles. The van der Waals surface area contributed by atoms with Crippen LogP contribution in [0.4, 0.5) is 0 Å². The lowest BCUT2D eigenvalue weighted by Gasteiger charge is -2.06. The highest BCUT2D eigenvalue weighted by Gasteiger charge is 2.10. The molecule has 0 aliphatic rings. The van der Waals surface area contributed by atoms with Crippen LogP contribution in [0.2, 0.25) is 0 Å². The Morgan fingerprint density at radius 2 is 1.68 bits per heavy atom. The Kier molecular flexibility index (Phi) is 6.15. The van der Waals surface area contributed by atoms with Crippen molar-refractivity contribution >= 4 is 18.1 Å². The Labute approximate surface area is 162 Å². The third-order valence-corrected chi connectivity index (χ3v) is 3.81. The van der Waals surface area contributed by atoms with Gasteiger partial charge in [0.1, 0.15) is 11.5 Å². The molecular formula is C22H18N2O4. The maximum absolute atomic E-state index is 12.2. The fourth-order valence-corrected chi connectivity index (χ4v) is 2.46. The second kappa shape index (κ2) is 9.14. The van der Waals surface area contributed by atoms with Crippen LogP contribution in [0.15, 0.2) is 84.0 Å². The highest BCUT2D eigenvalue weighted by Crippen LogP contribution is 2.17. The van der Waals surface area contributed by atoms with Crippen LogP contribution in [0, 0.1) is 0 Å². The molecule has 6 nitrogen and oxygen atoms in total. The van der Waals surface area contributed by atoms with Gasteiger partial charge in [-0.15, -0.1) is 0 Å². The van der Waals surface area contributed by atoms with E-state index in [-0.39, 0.29) is 5.91 Å². The Balaban J connectivity index is 1.64. The molecule has 0 atom stereocenters. The van der Waals surface area contributed by atoms with Crippen LogP contribution in [0.25, 0.3) is 0 Å². The molecule has 6 heteroatoms. The van der Waals surface area contributed by atoms with Gasteiger partial charge in [0.05, 0.1) is 24.5 Å². The molecule has 0 aliphatic heterocycles. The quantitative estimate of drug-likeness (QED) is 0.309. The molecule has 3 aromatic carbocycles. The van der Waals surface area contributed by atoms with E-state index in [4.69, 9.17) is 9.47 Å². The molecule has 1 N–H and O–H groups in total. The van der Waals surface area contributed by atoms with Gasteiger partial charge in [-0.05, 0) is 42.0 Å². The van der Waals surface area contributed by atoms with Gasteiger partial charge in [0, 0.05) is 0 Å². The first kappa shape index (κ1) is 18.8. The van der Waals surface area contributed by atoms with Crippen LogP contribution < -0.4 is 14.9 Å². The molecule has 0 fully saturated rings. The van der Waals surface area contributed by atoms with Crippen molar-refractivity contribution in [3.8, 4) is 11.5 Å². The molecule has 0 radical (unpaired) electrons. The predicted molar refractivity (Wildman–Crippen MR) is 106 cm³/mol. The van der Waals surface area contributed by atoms with Crippen LogP contribution in [-0.4, -0.2) is 25.2 Å². The zero-order valence-electron chi connectivity index (χ0n) is 15.2. The van der Waals surface area contributed by atoms with Crippen molar-refractivity contribution in [2.75, 3.05) is 7.11 Å². The number of amides is 1. The summed E-state index contributed by atoms with van der Waals surface area (Å²) in [5, 5.41) is 3.95. The monoisotopic (exact) mass is 374 g/mol. The number of hydrogen-bond donors (Lipinski definition) is 1. The summed E-state index contributed by atoms with van der Waals surface area (Å²) in [7, 11) is 1.50. The van der Waals surface area contributed by atoms with E-state index in [9.17, 15) is 9.59 Å². The minimum absolute atomic E-state index is 0.382. The van der Waals surface area contributed by atoms with E-state index in [1.54, 1.807) is 72.8 Å². The van der Waals surface area contributed by atoms with Crippen molar-refractivity contribution in [1.29, 1.82) is 0 Å². The number of carbonyl (C=O) groups excluding carboxylic acids is 2. The molecular weight excluding hydrogens is 356 g/mol. The average Bonchev–Trinajstić information content (AvgIpc) is 2.74. The number of rotatable bonds is 6. The molecule has 28 heavy (non-hydrogen) atoms. The van der Waals surface area contributed by atoms with Crippen molar-refractivity contribution in [3.05, 3.63) is 95.6 Å². The van der Waals surface area contributed by atoms with Gasteiger partial charge in [0.2, 0.25) is 0 Å². The number of hydrazone groups is 1. The summed E-state index contributed by atoms with van der Waals surface area (Å²) in [6, 6.07) is 22.4. The Morgan fingerprint density at radius 3 is 2.46 bits per heavy atom. The molecule has 3 rings (SSSR count). The maximum atomic E-state index is 12.2. The number of nitrogens with zero attached hydrogens (tertiary/aromatic N) is 1. The van der Waals surface area contributed by atoms with Gasteiger partial charge in [-0.25, -0.2) is 10.2 Å². The standard InChI is InChI=1S/C22H18N2O4/c1-27-20-13-6-5-12-19(20)21(25)24-23-15-16-8-7-11-18(14-16)28-22(26)17-9-3-2-4-10-17/h2-15H,1H3,(H,24,25)/b23-15-. The molecule has 0 heterocycles. The van der Waals surface area contributed by atoms with Crippen LogP contribution in [0.1, 0.15) is 26.3 Å². The lowest BCUT2D eigenvalue weighted by molar-refractivity contribution is 0.0734. The third kappa shape index (κ3) is 4.82. The minimum Gasteiger partial charge on any atom is -0.496 e. The van der Waals surface area contributed by atoms with E-state index < -0.39 is 5.97 Å². The summed E-state index contributed by atoms with van der Waals surface area (Å²) < 4.78 is 10.5. The van der Waals surface area contributed by atoms with Crippen molar-refractivity contribution in [1.82, 2.24) is 5.43 Å². The molecule has 140 valence electrons. The summed E-state index contributed by atoms with van der Waals surface area (Å²) in [6.07, 6.45) is 1.47. The summed E-state index contributed by atoms with van der Waals surface area (Å²) in [6.45, 7) is 0. The molecule has 1 amide bonds. The van der Waals surface area contributed by atoms with Crippen molar-refractivity contribution < 1.29 is 19.1 Å². The Bertz CT molecular complexity index is 1000. The van der Waals surface area contributed by atoms with Gasteiger partial charge in [-0.3, -0.25) is 4.79 Å². The van der Waals surface area contributed by atoms with Gasteiger partial charge in [0.15, 0.2) is 0 Å². The largest absolute Gasteiger partial charge is 0.496 e. The normalized spacial score (nSPS) is 10.5. The van der Waals surface area contributed by atoms with E-state index in [2.05, 4.69) is 10.5 Å². The van der Waals surface area contributed by atoms with E-state index in [1.165, 1.54) is 13.3 Å². The number of esters is 1. The van der Waals surface area contributed by atoms with Crippen molar-refractivity contribution in [2.24, 2.45) is 5.10 Å². The van der Waals surface area contributed by atoms with Crippen LogP contribution in [-0.2, 0) is 0 Å². The van der Waals surface area contributed by atoms with Gasteiger partial charge >= 0.3 is 5.97 Å². The van der Waals surface area contributed by atoms with Gasteiger partial charge in [-0.1, -0.05) is 42.5 Å². The fourth-order valence-electron chi connectivity index (χ4n) is 2.46. The molecule has 3 aromatic rings. The van der Waals surface area contributed by atoms with E-state index in [0.29, 0.717) is 28.2 Å². The number of methoxy groups -OCH3 is 1. The molecule has 0 aliphatic carbocycles. The molecule has 0 bridgehead atoms. The SMILES string of the molecule is COc1ccccc1C(=O)N/N=C\c1cccc(OC(=O)c2ccccc2)c1. The Hall–Kier alpha value is -3.93. The number of nitrogens with one attached hydrogen (secondary N) is 1. The smallest absolute Gasteiger partial charge is 0.343 e. The van der Waals surface area contributed by atoms with E-state index >= 15 is 0 Å². The zero-order valence-corrected chi connectivity index (χ0v) is 15.2. The first-order valence-electron chi connectivity index (χ1n) is 8.51. The van der Waals surface area contributed by atoms with Crippen LogP contribution in [0.3, 0.4) is 0 Å². The van der Waals surface area contributed by atoms with Crippen molar-refractivity contribution in [3.63, 3.8) is 0 Å². The minimum atomic E-state index is -0.445. The number of para-hydroxylation sites is 1. The summed E-state index contributed by atoms with van der Waals surface area (Å²) in [4.78, 5) is 24.3.